The lowest BCUT2D eigenvalue weighted by Crippen LogP contribution is -2.37. The van der Waals surface area contributed by atoms with E-state index in [1.807, 2.05) is 18.2 Å². The van der Waals surface area contributed by atoms with Gasteiger partial charge in [-0.25, -0.2) is 0 Å². The molecule has 1 aliphatic heterocycles. The molecule has 0 bridgehead atoms. The lowest BCUT2D eigenvalue weighted by atomic mass is 10.1. The van der Waals surface area contributed by atoms with Gasteiger partial charge in [-0.2, -0.15) is 13.2 Å². The summed E-state index contributed by atoms with van der Waals surface area (Å²) in [5, 5.41) is 0.613. The topological polar surface area (TPSA) is 25.4 Å². The number of benzene rings is 2. The molecule has 1 aliphatic rings. The zero-order valence-corrected chi connectivity index (χ0v) is 15.3. The van der Waals surface area contributed by atoms with Crippen molar-refractivity contribution in [3.63, 3.8) is 0 Å². The Morgan fingerprint density at radius 1 is 1.00 bits per heavy atom. The fourth-order valence-electron chi connectivity index (χ4n) is 3.61. The van der Waals surface area contributed by atoms with Crippen LogP contribution < -0.4 is 4.74 Å². The zero-order valence-electron chi connectivity index (χ0n) is 15.3. The molecule has 3 nitrogen and oxygen atoms in total. The number of hydrogen-bond acceptors (Lipinski definition) is 3. The number of rotatable bonds is 4. The highest BCUT2D eigenvalue weighted by Crippen LogP contribution is 2.34. The largest absolute Gasteiger partial charge is 0.490 e. The van der Waals surface area contributed by atoms with Gasteiger partial charge in [0, 0.05) is 31.2 Å². The number of aromatic nitrogens is 1. The molecule has 0 aliphatic carbocycles. The van der Waals surface area contributed by atoms with Crippen molar-refractivity contribution in [3.8, 4) is 5.75 Å². The van der Waals surface area contributed by atoms with Crippen LogP contribution in [0.2, 0.25) is 0 Å². The molecular formula is C22H21F3N2O. The summed E-state index contributed by atoms with van der Waals surface area (Å²) < 4.78 is 44.9. The Bertz CT molecular complexity index is 935. The molecule has 0 saturated carbocycles. The maximum Gasteiger partial charge on any atom is 0.416 e. The van der Waals surface area contributed by atoms with E-state index >= 15 is 0 Å². The van der Waals surface area contributed by atoms with E-state index in [0.29, 0.717) is 16.7 Å². The van der Waals surface area contributed by atoms with Crippen molar-refractivity contribution in [2.45, 2.75) is 31.7 Å². The van der Waals surface area contributed by atoms with Crippen LogP contribution in [-0.4, -0.2) is 29.1 Å². The van der Waals surface area contributed by atoms with Crippen LogP contribution in [0.3, 0.4) is 0 Å². The molecule has 2 heterocycles. The standard InChI is InChI=1S/C22H21F3N2O/c23-22(24,25)17-6-7-19-20(14-17)26-11-8-21(19)28-18-9-12-27(13-10-18)15-16-4-2-1-3-5-16/h1-8,11,14,18H,9-10,12-13,15H2. The molecule has 1 saturated heterocycles. The van der Waals surface area contributed by atoms with Gasteiger partial charge in [0.25, 0.3) is 0 Å². The number of fused-ring (bicyclic) bond motifs is 1. The van der Waals surface area contributed by atoms with Gasteiger partial charge < -0.3 is 4.74 Å². The molecule has 0 unspecified atom stereocenters. The SMILES string of the molecule is FC(F)(F)c1ccc2c(OC3CCN(Cc4ccccc4)CC3)ccnc2c1. The molecule has 0 N–H and O–H groups in total. The molecule has 1 aromatic heterocycles. The first-order valence-corrected chi connectivity index (χ1v) is 9.38. The molecule has 0 atom stereocenters. The highest BCUT2D eigenvalue weighted by atomic mass is 19.4. The third-order valence-electron chi connectivity index (χ3n) is 5.11. The van der Waals surface area contributed by atoms with Gasteiger partial charge in [0.15, 0.2) is 0 Å². The Hall–Kier alpha value is -2.60. The van der Waals surface area contributed by atoms with E-state index in [-0.39, 0.29) is 6.10 Å². The van der Waals surface area contributed by atoms with Crippen LogP contribution in [0.15, 0.2) is 60.8 Å². The van der Waals surface area contributed by atoms with Crippen LogP contribution >= 0.6 is 0 Å². The van der Waals surface area contributed by atoms with Gasteiger partial charge in [-0.05, 0) is 42.7 Å². The van der Waals surface area contributed by atoms with Crippen molar-refractivity contribution in [2.75, 3.05) is 13.1 Å². The quantitative estimate of drug-likeness (QED) is 0.609. The number of pyridine rings is 1. The third-order valence-corrected chi connectivity index (χ3v) is 5.11. The Labute approximate surface area is 161 Å². The van der Waals surface area contributed by atoms with Crippen LogP contribution in [0, 0.1) is 0 Å². The fourth-order valence-corrected chi connectivity index (χ4v) is 3.61. The first-order valence-electron chi connectivity index (χ1n) is 9.38. The summed E-state index contributed by atoms with van der Waals surface area (Å²) in [4.78, 5) is 6.48. The lowest BCUT2D eigenvalue weighted by Gasteiger charge is -2.32. The molecule has 0 amide bonds. The Morgan fingerprint density at radius 3 is 2.46 bits per heavy atom. The molecule has 6 heteroatoms. The van der Waals surface area contributed by atoms with Crippen LogP contribution in [0.1, 0.15) is 24.0 Å². The summed E-state index contributed by atoms with van der Waals surface area (Å²) in [5.41, 5.74) is 0.898. The summed E-state index contributed by atoms with van der Waals surface area (Å²) in [6.07, 6.45) is -1.05. The molecule has 0 spiro atoms. The first-order chi connectivity index (χ1) is 13.5. The van der Waals surface area contributed by atoms with Gasteiger partial charge in [0.2, 0.25) is 0 Å². The zero-order chi connectivity index (χ0) is 19.6. The minimum absolute atomic E-state index is 0.0555. The minimum Gasteiger partial charge on any atom is -0.490 e. The number of hydrogen-bond donors (Lipinski definition) is 0. The Balaban J connectivity index is 1.42. The second-order valence-electron chi connectivity index (χ2n) is 7.12. The van der Waals surface area contributed by atoms with E-state index in [1.165, 1.54) is 17.8 Å². The molecule has 1 fully saturated rings. The van der Waals surface area contributed by atoms with E-state index in [1.54, 1.807) is 6.07 Å². The van der Waals surface area contributed by atoms with Gasteiger partial charge in [-0.1, -0.05) is 30.3 Å². The predicted molar refractivity (Wildman–Crippen MR) is 102 cm³/mol. The molecule has 28 heavy (non-hydrogen) atoms. The van der Waals surface area contributed by atoms with Crippen LogP contribution in [0.4, 0.5) is 13.2 Å². The third kappa shape index (κ3) is 4.28. The Kier molecular flexibility index (Phi) is 5.22. The average Bonchev–Trinajstić information content (AvgIpc) is 2.69. The average molecular weight is 386 g/mol. The number of alkyl halides is 3. The summed E-state index contributed by atoms with van der Waals surface area (Å²) >= 11 is 0. The van der Waals surface area contributed by atoms with Crippen molar-refractivity contribution in [3.05, 3.63) is 71.9 Å². The van der Waals surface area contributed by atoms with Gasteiger partial charge in [-0.3, -0.25) is 9.88 Å². The smallest absolute Gasteiger partial charge is 0.416 e. The fraction of sp³-hybridized carbons (Fsp3) is 0.318. The molecule has 146 valence electrons. The molecule has 4 rings (SSSR count). The van der Waals surface area contributed by atoms with Crippen LogP contribution in [0.5, 0.6) is 5.75 Å². The van der Waals surface area contributed by atoms with E-state index < -0.39 is 11.7 Å². The van der Waals surface area contributed by atoms with Gasteiger partial charge in [0.1, 0.15) is 11.9 Å². The normalized spacial score (nSPS) is 16.4. The van der Waals surface area contributed by atoms with Crippen molar-refractivity contribution < 1.29 is 17.9 Å². The van der Waals surface area contributed by atoms with Gasteiger partial charge in [0.05, 0.1) is 11.1 Å². The monoisotopic (exact) mass is 386 g/mol. The number of ether oxygens (including phenoxy) is 1. The van der Waals surface area contributed by atoms with Crippen molar-refractivity contribution >= 4 is 10.9 Å². The minimum atomic E-state index is -4.38. The van der Waals surface area contributed by atoms with E-state index in [2.05, 4.69) is 22.0 Å². The predicted octanol–water partition coefficient (Wildman–Crippen LogP) is 5.30. The second-order valence-corrected chi connectivity index (χ2v) is 7.12. The maximum atomic E-state index is 12.9. The van der Waals surface area contributed by atoms with Gasteiger partial charge >= 0.3 is 6.18 Å². The number of piperidine rings is 1. The van der Waals surface area contributed by atoms with Crippen LogP contribution in [-0.2, 0) is 12.7 Å². The second kappa shape index (κ2) is 7.80. The summed E-state index contributed by atoms with van der Waals surface area (Å²) in [6.45, 7) is 2.79. The Morgan fingerprint density at radius 2 is 1.75 bits per heavy atom. The molecule has 2 aromatic carbocycles. The highest BCUT2D eigenvalue weighted by molar-refractivity contribution is 5.85. The molecule has 3 aromatic rings. The first kappa shape index (κ1) is 18.7. The summed E-state index contributed by atoms with van der Waals surface area (Å²) in [6, 6.07) is 15.7. The lowest BCUT2D eigenvalue weighted by molar-refractivity contribution is -0.137. The summed E-state index contributed by atoms with van der Waals surface area (Å²) in [7, 11) is 0. The van der Waals surface area contributed by atoms with E-state index in [9.17, 15) is 13.2 Å². The van der Waals surface area contributed by atoms with E-state index in [0.717, 1.165) is 44.6 Å². The number of nitrogens with zero attached hydrogens (tertiary/aromatic N) is 2. The van der Waals surface area contributed by atoms with E-state index in [4.69, 9.17) is 4.74 Å². The van der Waals surface area contributed by atoms with Crippen molar-refractivity contribution in [1.82, 2.24) is 9.88 Å². The maximum absolute atomic E-state index is 12.9. The molecular weight excluding hydrogens is 365 g/mol. The van der Waals surface area contributed by atoms with Crippen molar-refractivity contribution in [2.24, 2.45) is 0 Å². The summed E-state index contributed by atoms with van der Waals surface area (Å²) in [5.74, 6) is 0.597. The molecule has 0 radical (unpaired) electrons. The van der Waals surface area contributed by atoms with Crippen LogP contribution in [0.25, 0.3) is 10.9 Å². The van der Waals surface area contributed by atoms with Gasteiger partial charge in [-0.15, -0.1) is 0 Å². The number of halogens is 3. The van der Waals surface area contributed by atoms with Crippen molar-refractivity contribution in [1.29, 1.82) is 0 Å². The highest BCUT2D eigenvalue weighted by Gasteiger charge is 2.31. The number of likely N-dealkylation sites (tertiary alicyclic amines) is 1.